The lowest BCUT2D eigenvalue weighted by atomic mass is 10.1. The van der Waals surface area contributed by atoms with Crippen LogP contribution in [0.3, 0.4) is 0 Å². The first-order valence-electron chi connectivity index (χ1n) is 4.66. The molecular weight excluding hydrogens is 235 g/mol. The molecule has 0 amide bonds. The van der Waals surface area contributed by atoms with Gasteiger partial charge in [-0.15, -0.1) is 12.4 Å². The Balaban J connectivity index is 0.00000225. The largest absolute Gasteiger partial charge is 0.466 e. The molecule has 0 saturated heterocycles. The number of pyridine rings is 1. The van der Waals surface area contributed by atoms with Crippen molar-refractivity contribution >= 4 is 18.4 Å². The number of nitrogens with two attached hydrogens (primary N) is 1. The van der Waals surface area contributed by atoms with E-state index in [1.165, 1.54) is 12.3 Å². The van der Waals surface area contributed by atoms with E-state index in [0.29, 0.717) is 6.61 Å². The van der Waals surface area contributed by atoms with E-state index in [1.54, 1.807) is 13.0 Å². The molecule has 0 aliphatic heterocycles. The quantitative estimate of drug-likeness (QED) is 0.649. The van der Waals surface area contributed by atoms with Gasteiger partial charge in [0.2, 0.25) is 5.95 Å². The van der Waals surface area contributed by atoms with Crippen LogP contribution in [0, 0.1) is 5.95 Å². The first-order valence-corrected chi connectivity index (χ1v) is 4.66. The second kappa shape index (κ2) is 7.14. The van der Waals surface area contributed by atoms with Crippen LogP contribution in [0.1, 0.15) is 24.9 Å². The van der Waals surface area contributed by atoms with E-state index in [0.717, 1.165) is 0 Å². The molecule has 1 aromatic rings. The van der Waals surface area contributed by atoms with Crippen molar-refractivity contribution in [1.29, 1.82) is 0 Å². The molecule has 0 bridgehead atoms. The van der Waals surface area contributed by atoms with Gasteiger partial charge >= 0.3 is 5.97 Å². The molecule has 2 N–H and O–H groups in total. The first-order chi connectivity index (χ1) is 7.15. The van der Waals surface area contributed by atoms with Crippen LogP contribution in [-0.2, 0) is 9.53 Å². The Hall–Kier alpha value is -1.20. The van der Waals surface area contributed by atoms with E-state index in [4.69, 9.17) is 10.5 Å². The maximum Gasteiger partial charge on any atom is 0.307 e. The fourth-order valence-electron chi connectivity index (χ4n) is 1.18. The summed E-state index contributed by atoms with van der Waals surface area (Å²) in [6, 6.07) is 2.37. The number of hydrogen-bond acceptors (Lipinski definition) is 4. The molecule has 16 heavy (non-hydrogen) atoms. The fraction of sp³-hybridized carbons (Fsp3) is 0.400. The molecule has 0 saturated carbocycles. The van der Waals surface area contributed by atoms with Crippen molar-refractivity contribution in [3.05, 3.63) is 29.8 Å². The molecule has 0 aliphatic carbocycles. The van der Waals surface area contributed by atoms with Crippen LogP contribution in [0.15, 0.2) is 18.3 Å². The van der Waals surface area contributed by atoms with Gasteiger partial charge in [0.25, 0.3) is 0 Å². The molecule has 90 valence electrons. The average Bonchev–Trinajstić information content (AvgIpc) is 2.18. The maximum absolute atomic E-state index is 13.1. The molecule has 0 aliphatic rings. The van der Waals surface area contributed by atoms with Crippen molar-refractivity contribution in [2.75, 3.05) is 6.61 Å². The number of carbonyl (C=O) groups excluding carboxylic acids is 1. The zero-order valence-corrected chi connectivity index (χ0v) is 9.67. The molecule has 6 heteroatoms. The van der Waals surface area contributed by atoms with Gasteiger partial charge in [-0.25, -0.2) is 4.98 Å². The number of aromatic nitrogens is 1. The van der Waals surface area contributed by atoms with Crippen LogP contribution in [-0.4, -0.2) is 17.6 Å². The highest BCUT2D eigenvalue weighted by Crippen LogP contribution is 2.16. The summed E-state index contributed by atoms with van der Waals surface area (Å²) in [5.41, 5.74) is 5.87. The van der Waals surface area contributed by atoms with Crippen LogP contribution in [0.4, 0.5) is 4.39 Å². The smallest absolute Gasteiger partial charge is 0.307 e. The zero-order valence-electron chi connectivity index (χ0n) is 8.85. The summed E-state index contributed by atoms with van der Waals surface area (Å²) in [6.45, 7) is 2.00. The lowest BCUT2D eigenvalue weighted by molar-refractivity contribution is -0.143. The van der Waals surface area contributed by atoms with Crippen LogP contribution in [0.25, 0.3) is 0 Å². The van der Waals surface area contributed by atoms with E-state index < -0.39 is 18.0 Å². The van der Waals surface area contributed by atoms with Crippen molar-refractivity contribution in [2.45, 2.75) is 19.4 Å². The Morgan fingerprint density at radius 1 is 1.69 bits per heavy atom. The highest BCUT2D eigenvalue weighted by molar-refractivity contribution is 5.85. The number of halogens is 2. The second-order valence-electron chi connectivity index (χ2n) is 3.00. The maximum atomic E-state index is 13.1. The van der Waals surface area contributed by atoms with Crippen LogP contribution < -0.4 is 5.73 Å². The Kier molecular flexibility index (Phi) is 6.60. The topological polar surface area (TPSA) is 65.2 Å². The minimum atomic E-state index is -0.710. The molecular formula is C10H14ClFN2O2. The first kappa shape index (κ1) is 14.8. The molecule has 1 aromatic heterocycles. The number of carbonyl (C=O) groups is 1. The van der Waals surface area contributed by atoms with Crippen molar-refractivity contribution in [3.63, 3.8) is 0 Å². The van der Waals surface area contributed by atoms with E-state index >= 15 is 0 Å². The molecule has 0 unspecified atom stereocenters. The summed E-state index contributed by atoms with van der Waals surface area (Å²) in [5.74, 6) is -1.08. The van der Waals surface area contributed by atoms with E-state index in [1.807, 2.05) is 0 Å². The van der Waals surface area contributed by atoms with Gasteiger partial charge in [0, 0.05) is 17.8 Å². The average molecular weight is 249 g/mol. The van der Waals surface area contributed by atoms with Crippen LogP contribution in [0.2, 0.25) is 0 Å². The van der Waals surface area contributed by atoms with Gasteiger partial charge in [-0.05, 0) is 13.0 Å². The Morgan fingerprint density at radius 2 is 2.38 bits per heavy atom. The lowest BCUT2D eigenvalue weighted by Gasteiger charge is -2.10. The Labute approximate surface area is 99.4 Å². The van der Waals surface area contributed by atoms with E-state index in [2.05, 4.69) is 4.98 Å². The van der Waals surface area contributed by atoms with E-state index in [-0.39, 0.29) is 24.4 Å². The van der Waals surface area contributed by atoms with Crippen LogP contribution >= 0.6 is 12.4 Å². The molecule has 4 nitrogen and oxygen atoms in total. The number of esters is 1. The highest BCUT2D eigenvalue weighted by Gasteiger charge is 2.16. The molecule has 1 heterocycles. The summed E-state index contributed by atoms with van der Waals surface area (Å²) in [4.78, 5) is 14.5. The standard InChI is InChI=1S/C10H13FN2O2.ClH/c1-2-15-9(14)6-8(12)7-4-3-5-13-10(7)11;/h3-5,8H,2,6,12H2,1H3;1H/t8-;/m0./s1. The summed E-state index contributed by atoms with van der Waals surface area (Å²) < 4.78 is 17.8. The summed E-state index contributed by atoms with van der Waals surface area (Å²) in [7, 11) is 0. The summed E-state index contributed by atoms with van der Waals surface area (Å²) >= 11 is 0. The number of rotatable bonds is 4. The van der Waals surface area contributed by atoms with Gasteiger partial charge in [0.15, 0.2) is 0 Å². The third-order valence-corrected chi connectivity index (χ3v) is 1.88. The second-order valence-corrected chi connectivity index (χ2v) is 3.00. The van der Waals surface area contributed by atoms with Gasteiger partial charge < -0.3 is 10.5 Å². The monoisotopic (exact) mass is 248 g/mol. The molecule has 1 rings (SSSR count). The van der Waals surface area contributed by atoms with Gasteiger partial charge in [0.05, 0.1) is 13.0 Å². The fourth-order valence-corrected chi connectivity index (χ4v) is 1.18. The van der Waals surface area contributed by atoms with E-state index in [9.17, 15) is 9.18 Å². The van der Waals surface area contributed by atoms with Gasteiger partial charge in [-0.3, -0.25) is 4.79 Å². The SMILES string of the molecule is CCOC(=O)C[C@H](N)c1cccnc1F.Cl. The lowest BCUT2D eigenvalue weighted by Crippen LogP contribution is -2.18. The molecule has 0 aromatic carbocycles. The molecule has 1 atom stereocenters. The van der Waals surface area contributed by atoms with Gasteiger partial charge in [0.1, 0.15) is 0 Å². The Bertz CT molecular complexity index is 349. The zero-order chi connectivity index (χ0) is 11.3. The summed E-state index contributed by atoms with van der Waals surface area (Å²) in [6.07, 6.45) is 1.28. The number of ether oxygens (including phenoxy) is 1. The predicted molar refractivity (Wildman–Crippen MR) is 59.6 cm³/mol. The van der Waals surface area contributed by atoms with Crippen molar-refractivity contribution in [3.8, 4) is 0 Å². The van der Waals surface area contributed by atoms with Crippen molar-refractivity contribution in [1.82, 2.24) is 4.98 Å². The normalized spacial score (nSPS) is 11.4. The summed E-state index contributed by atoms with van der Waals surface area (Å²) in [5, 5.41) is 0. The van der Waals surface area contributed by atoms with Gasteiger partial charge in [-0.1, -0.05) is 6.07 Å². The highest BCUT2D eigenvalue weighted by atomic mass is 35.5. The van der Waals surface area contributed by atoms with Crippen molar-refractivity contribution < 1.29 is 13.9 Å². The minimum Gasteiger partial charge on any atom is -0.466 e. The molecule has 0 spiro atoms. The predicted octanol–water partition coefficient (Wildman–Crippen LogP) is 1.60. The van der Waals surface area contributed by atoms with Gasteiger partial charge in [-0.2, -0.15) is 4.39 Å². The number of hydrogen-bond donors (Lipinski definition) is 1. The minimum absolute atomic E-state index is 0. The Morgan fingerprint density at radius 3 is 2.94 bits per heavy atom. The van der Waals surface area contributed by atoms with Crippen LogP contribution in [0.5, 0.6) is 0 Å². The number of nitrogens with zero attached hydrogens (tertiary/aromatic N) is 1. The third kappa shape index (κ3) is 4.12. The molecule has 0 radical (unpaired) electrons. The molecule has 0 fully saturated rings. The third-order valence-electron chi connectivity index (χ3n) is 1.88. The van der Waals surface area contributed by atoms with Crippen molar-refractivity contribution in [2.24, 2.45) is 5.73 Å².